The van der Waals surface area contributed by atoms with E-state index >= 15 is 0 Å². The highest BCUT2D eigenvalue weighted by Gasteiger charge is 2.23. The van der Waals surface area contributed by atoms with Crippen molar-refractivity contribution in [1.29, 1.82) is 0 Å². The molecule has 1 aliphatic rings. The number of rotatable bonds is 5. The summed E-state index contributed by atoms with van der Waals surface area (Å²) in [7, 11) is 0. The lowest BCUT2D eigenvalue weighted by Gasteiger charge is -2.38. The maximum atomic E-state index is 5.70. The van der Waals surface area contributed by atoms with Gasteiger partial charge in [-0.25, -0.2) is 0 Å². The van der Waals surface area contributed by atoms with Crippen LogP contribution in [0.25, 0.3) is 0 Å². The molecule has 1 saturated carbocycles. The predicted octanol–water partition coefficient (Wildman–Crippen LogP) is 3.73. The van der Waals surface area contributed by atoms with Crippen molar-refractivity contribution in [3.63, 3.8) is 0 Å². The molecule has 1 aromatic carbocycles. The van der Waals surface area contributed by atoms with Crippen LogP contribution < -0.4 is 10.6 Å². The number of aryl methyl sites for hydroxylation is 1. The second-order valence-electron chi connectivity index (χ2n) is 6.08. The lowest BCUT2D eigenvalue weighted by Crippen LogP contribution is -2.39. The van der Waals surface area contributed by atoms with Crippen LogP contribution in [0.3, 0.4) is 0 Å². The molecule has 2 nitrogen and oxygen atoms in total. The fraction of sp³-hybridized carbons (Fsp3) is 0.647. The average molecular weight is 260 g/mol. The molecule has 1 aliphatic carbocycles. The van der Waals surface area contributed by atoms with Crippen LogP contribution in [0.4, 0.5) is 5.69 Å². The predicted molar refractivity (Wildman–Crippen MR) is 83.6 cm³/mol. The number of benzene rings is 1. The topological polar surface area (TPSA) is 29.3 Å². The van der Waals surface area contributed by atoms with Crippen LogP contribution >= 0.6 is 0 Å². The van der Waals surface area contributed by atoms with Crippen molar-refractivity contribution in [1.82, 2.24) is 0 Å². The van der Waals surface area contributed by atoms with Crippen molar-refractivity contribution in [2.75, 3.05) is 18.0 Å². The molecule has 0 aromatic heterocycles. The average Bonchev–Trinajstić information content (AvgIpc) is 2.43. The Kier molecular flexibility index (Phi) is 5.26. The largest absolute Gasteiger partial charge is 0.369 e. The fourth-order valence-electron chi connectivity index (χ4n) is 3.07. The number of nitrogens with zero attached hydrogens (tertiary/aromatic N) is 1. The van der Waals surface area contributed by atoms with Gasteiger partial charge in [0.1, 0.15) is 0 Å². The van der Waals surface area contributed by atoms with E-state index in [0.717, 1.165) is 25.4 Å². The van der Waals surface area contributed by atoms with Gasteiger partial charge in [0.05, 0.1) is 0 Å². The number of hydrogen-bond donors (Lipinski definition) is 1. The van der Waals surface area contributed by atoms with E-state index in [-0.39, 0.29) is 0 Å². The van der Waals surface area contributed by atoms with Crippen molar-refractivity contribution in [2.24, 2.45) is 11.7 Å². The summed E-state index contributed by atoms with van der Waals surface area (Å²) in [4.78, 5) is 2.60. The molecular weight excluding hydrogens is 232 g/mol. The van der Waals surface area contributed by atoms with E-state index in [1.54, 1.807) is 0 Å². The van der Waals surface area contributed by atoms with Gasteiger partial charge in [-0.3, -0.25) is 0 Å². The third-order valence-corrected chi connectivity index (χ3v) is 4.39. The Hall–Kier alpha value is -1.02. The zero-order valence-electron chi connectivity index (χ0n) is 12.4. The van der Waals surface area contributed by atoms with Gasteiger partial charge < -0.3 is 10.6 Å². The van der Waals surface area contributed by atoms with Crippen molar-refractivity contribution >= 4 is 5.69 Å². The molecule has 19 heavy (non-hydrogen) atoms. The molecule has 0 unspecified atom stereocenters. The van der Waals surface area contributed by atoms with Gasteiger partial charge in [0.2, 0.25) is 0 Å². The first-order chi connectivity index (χ1) is 9.20. The number of nitrogens with two attached hydrogens (primary N) is 1. The third kappa shape index (κ3) is 3.97. The highest BCUT2D eigenvalue weighted by molar-refractivity contribution is 5.48. The standard InChI is InChI=1S/C17H28N2/c1-14-4-8-16(9-5-14)19(13-3-12-18)17-10-6-15(2)7-11-17/h4-5,8-9,15,17H,3,6-7,10-13,18H2,1-2H3. The second kappa shape index (κ2) is 6.95. The first kappa shape index (κ1) is 14.4. The molecular formula is C17H28N2. The van der Waals surface area contributed by atoms with Gasteiger partial charge >= 0.3 is 0 Å². The normalized spacial score (nSPS) is 23.3. The molecule has 2 rings (SSSR count). The van der Waals surface area contributed by atoms with Crippen molar-refractivity contribution in [3.8, 4) is 0 Å². The fourth-order valence-corrected chi connectivity index (χ4v) is 3.07. The molecule has 1 fully saturated rings. The summed E-state index contributed by atoms with van der Waals surface area (Å²) in [6.07, 6.45) is 6.49. The van der Waals surface area contributed by atoms with Crippen LogP contribution in [0.1, 0.15) is 44.6 Å². The molecule has 1 aromatic rings. The summed E-state index contributed by atoms with van der Waals surface area (Å²) < 4.78 is 0. The van der Waals surface area contributed by atoms with Gasteiger partial charge in [0, 0.05) is 18.3 Å². The van der Waals surface area contributed by atoms with Crippen LogP contribution in [0, 0.1) is 12.8 Å². The highest BCUT2D eigenvalue weighted by Crippen LogP contribution is 2.30. The zero-order chi connectivity index (χ0) is 13.7. The molecule has 2 N–H and O–H groups in total. The van der Waals surface area contributed by atoms with E-state index in [2.05, 4.69) is 43.0 Å². The highest BCUT2D eigenvalue weighted by atomic mass is 15.2. The molecule has 0 heterocycles. The minimum atomic E-state index is 0.713. The number of anilines is 1. The van der Waals surface area contributed by atoms with Crippen LogP contribution in [-0.2, 0) is 0 Å². The summed E-state index contributed by atoms with van der Waals surface area (Å²) in [6, 6.07) is 9.69. The first-order valence-corrected chi connectivity index (χ1v) is 7.74. The minimum Gasteiger partial charge on any atom is -0.369 e. The Morgan fingerprint density at radius 1 is 1.11 bits per heavy atom. The molecule has 0 amide bonds. The monoisotopic (exact) mass is 260 g/mol. The van der Waals surface area contributed by atoms with Crippen LogP contribution in [-0.4, -0.2) is 19.1 Å². The summed E-state index contributed by atoms with van der Waals surface area (Å²) in [5.41, 5.74) is 8.41. The molecule has 0 bridgehead atoms. The quantitative estimate of drug-likeness (QED) is 0.874. The van der Waals surface area contributed by atoms with Gasteiger partial charge in [-0.15, -0.1) is 0 Å². The molecule has 0 spiro atoms. The SMILES string of the molecule is Cc1ccc(N(CCCN)C2CCC(C)CC2)cc1. The molecule has 106 valence electrons. The summed E-state index contributed by atoms with van der Waals surface area (Å²) >= 11 is 0. The van der Waals surface area contributed by atoms with Crippen molar-refractivity contribution in [3.05, 3.63) is 29.8 Å². The maximum absolute atomic E-state index is 5.70. The zero-order valence-corrected chi connectivity index (χ0v) is 12.4. The Bertz CT molecular complexity index is 363. The second-order valence-corrected chi connectivity index (χ2v) is 6.08. The van der Waals surface area contributed by atoms with E-state index < -0.39 is 0 Å². The lowest BCUT2D eigenvalue weighted by atomic mass is 9.86. The Balaban J connectivity index is 2.08. The van der Waals surface area contributed by atoms with E-state index in [1.165, 1.54) is 36.9 Å². The van der Waals surface area contributed by atoms with Gasteiger partial charge in [0.15, 0.2) is 0 Å². The first-order valence-electron chi connectivity index (χ1n) is 7.74. The van der Waals surface area contributed by atoms with Gasteiger partial charge in [0.25, 0.3) is 0 Å². The lowest BCUT2D eigenvalue weighted by molar-refractivity contribution is 0.333. The Labute approximate surface area is 118 Å². The molecule has 0 aliphatic heterocycles. The third-order valence-electron chi connectivity index (χ3n) is 4.39. The van der Waals surface area contributed by atoms with Gasteiger partial charge in [-0.2, -0.15) is 0 Å². The van der Waals surface area contributed by atoms with Crippen LogP contribution in [0.2, 0.25) is 0 Å². The summed E-state index contributed by atoms with van der Waals surface area (Å²) in [5.74, 6) is 0.908. The number of hydrogen-bond acceptors (Lipinski definition) is 2. The van der Waals surface area contributed by atoms with Crippen molar-refractivity contribution in [2.45, 2.75) is 52.0 Å². The van der Waals surface area contributed by atoms with Crippen LogP contribution in [0.5, 0.6) is 0 Å². The van der Waals surface area contributed by atoms with E-state index in [4.69, 9.17) is 5.73 Å². The van der Waals surface area contributed by atoms with Gasteiger partial charge in [-0.1, -0.05) is 24.6 Å². The molecule has 2 heteroatoms. The maximum Gasteiger partial charge on any atom is 0.0368 e. The molecule has 0 atom stereocenters. The van der Waals surface area contributed by atoms with Gasteiger partial charge in [-0.05, 0) is 63.6 Å². The Morgan fingerprint density at radius 3 is 2.32 bits per heavy atom. The molecule has 0 saturated heterocycles. The van der Waals surface area contributed by atoms with E-state index in [9.17, 15) is 0 Å². The van der Waals surface area contributed by atoms with Crippen LogP contribution in [0.15, 0.2) is 24.3 Å². The summed E-state index contributed by atoms with van der Waals surface area (Å²) in [5, 5.41) is 0. The van der Waals surface area contributed by atoms with E-state index in [1.807, 2.05) is 0 Å². The minimum absolute atomic E-state index is 0.713. The summed E-state index contributed by atoms with van der Waals surface area (Å²) in [6.45, 7) is 6.41. The van der Waals surface area contributed by atoms with Crippen molar-refractivity contribution < 1.29 is 0 Å². The smallest absolute Gasteiger partial charge is 0.0368 e. The molecule has 0 radical (unpaired) electrons. The van der Waals surface area contributed by atoms with E-state index in [0.29, 0.717) is 6.04 Å². The Morgan fingerprint density at radius 2 is 1.74 bits per heavy atom.